The Morgan fingerprint density at radius 2 is 2.00 bits per heavy atom. The Hall–Kier alpha value is -2.14. The largest absolute Gasteiger partial charge is 0.478 e. The molecule has 0 saturated heterocycles. The van der Waals surface area contributed by atoms with Crippen LogP contribution in [0.4, 0.5) is 0 Å². The summed E-state index contributed by atoms with van der Waals surface area (Å²) in [5, 5.41) is 17.4. The number of rotatable bonds is 5. The fraction of sp³-hybridized carbons (Fsp3) is 0.286. The second kappa shape index (κ2) is 6.70. The first-order valence-electron chi connectivity index (χ1n) is 5.83. The lowest BCUT2D eigenvalue weighted by atomic mass is 10.1. The smallest absolute Gasteiger partial charge is 0.328 e. The fourth-order valence-electron chi connectivity index (χ4n) is 1.67. The molecule has 0 fully saturated rings. The van der Waals surface area contributed by atoms with Crippen molar-refractivity contribution in [2.45, 2.75) is 6.92 Å². The van der Waals surface area contributed by atoms with Gasteiger partial charge in [0.2, 0.25) is 0 Å². The van der Waals surface area contributed by atoms with E-state index in [0.717, 1.165) is 11.6 Å². The average molecular weight is 263 g/mol. The molecule has 2 N–H and O–H groups in total. The lowest BCUT2D eigenvalue weighted by Gasteiger charge is -2.16. The van der Waals surface area contributed by atoms with Crippen molar-refractivity contribution in [3.63, 3.8) is 0 Å². The summed E-state index contributed by atoms with van der Waals surface area (Å²) in [6, 6.07) is 5.15. The van der Waals surface area contributed by atoms with Gasteiger partial charge in [-0.3, -0.25) is 4.79 Å². The van der Waals surface area contributed by atoms with Gasteiger partial charge in [-0.05, 0) is 36.3 Å². The molecule has 0 radical (unpaired) electrons. The van der Waals surface area contributed by atoms with Gasteiger partial charge < -0.3 is 15.1 Å². The number of aliphatic hydroxyl groups is 1. The number of carbonyl (C=O) groups is 2. The normalized spacial score (nSPS) is 10.7. The third-order valence-electron chi connectivity index (χ3n) is 2.55. The second-order valence-corrected chi connectivity index (χ2v) is 4.25. The van der Waals surface area contributed by atoms with E-state index < -0.39 is 5.97 Å². The van der Waals surface area contributed by atoms with Crippen LogP contribution in [0.5, 0.6) is 0 Å². The number of hydrogen-bond acceptors (Lipinski definition) is 3. The third kappa shape index (κ3) is 4.56. The topological polar surface area (TPSA) is 77.8 Å². The third-order valence-corrected chi connectivity index (χ3v) is 2.55. The molecule has 0 aliphatic carbocycles. The molecular formula is C14H17NO4. The molecule has 0 bridgehead atoms. The molecule has 1 amide bonds. The van der Waals surface area contributed by atoms with Crippen LogP contribution < -0.4 is 0 Å². The Kier molecular flexibility index (Phi) is 5.26. The van der Waals surface area contributed by atoms with E-state index in [1.807, 2.05) is 6.92 Å². The number of carboxylic acid groups (broad SMARTS) is 1. The van der Waals surface area contributed by atoms with Crippen LogP contribution in [0.15, 0.2) is 24.3 Å². The van der Waals surface area contributed by atoms with Crippen molar-refractivity contribution in [1.82, 2.24) is 4.90 Å². The lowest BCUT2D eigenvalue weighted by molar-refractivity contribution is -0.131. The second-order valence-electron chi connectivity index (χ2n) is 4.25. The molecule has 19 heavy (non-hydrogen) atoms. The first-order chi connectivity index (χ1) is 8.93. The Balaban J connectivity index is 3.02. The average Bonchev–Trinajstić information content (AvgIpc) is 2.35. The van der Waals surface area contributed by atoms with Gasteiger partial charge >= 0.3 is 5.97 Å². The van der Waals surface area contributed by atoms with Gasteiger partial charge in [-0.25, -0.2) is 4.79 Å². The fourth-order valence-corrected chi connectivity index (χ4v) is 1.67. The minimum atomic E-state index is -1.04. The van der Waals surface area contributed by atoms with E-state index >= 15 is 0 Å². The highest BCUT2D eigenvalue weighted by Crippen LogP contribution is 2.13. The molecule has 1 aromatic rings. The predicted octanol–water partition coefficient (Wildman–Crippen LogP) is 1.16. The number of carbonyl (C=O) groups excluding carboxylic acids is 1. The molecule has 5 nitrogen and oxygen atoms in total. The zero-order chi connectivity index (χ0) is 14.4. The van der Waals surface area contributed by atoms with E-state index in [0.29, 0.717) is 11.1 Å². The Morgan fingerprint density at radius 3 is 2.58 bits per heavy atom. The van der Waals surface area contributed by atoms with Crippen LogP contribution in [0.3, 0.4) is 0 Å². The minimum Gasteiger partial charge on any atom is -0.478 e. The number of aliphatic carboxylic acids is 1. The SMILES string of the molecule is Cc1cc(/C=C/C(=O)O)cc(C(=O)N(C)CCO)c1. The summed E-state index contributed by atoms with van der Waals surface area (Å²) >= 11 is 0. The van der Waals surface area contributed by atoms with Crippen molar-refractivity contribution in [3.8, 4) is 0 Å². The van der Waals surface area contributed by atoms with Crippen LogP contribution in [-0.2, 0) is 4.79 Å². The molecule has 1 aromatic carbocycles. The van der Waals surface area contributed by atoms with Gasteiger partial charge in [0.1, 0.15) is 0 Å². The number of likely N-dealkylation sites (N-methyl/N-ethyl adjacent to an activating group) is 1. The highest BCUT2D eigenvalue weighted by atomic mass is 16.4. The summed E-state index contributed by atoms with van der Waals surface area (Å²) in [6.45, 7) is 1.99. The highest BCUT2D eigenvalue weighted by molar-refractivity contribution is 5.95. The van der Waals surface area contributed by atoms with Gasteiger partial charge in [0.25, 0.3) is 5.91 Å². The van der Waals surface area contributed by atoms with Gasteiger partial charge in [-0.1, -0.05) is 6.07 Å². The first-order valence-corrected chi connectivity index (χ1v) is 5.83. The summed E-state index contributed by atoms with van der Waals surface area (Å²) in [6.07, 6.45) is 2.47. The number of hydrogen-bond donors (Lipinski definition) is 2. The van der Waals surface area contributed by atoms with Crippen molar-refractivity contribution < 1.29 is 19.8 Å². The summed E-state index contributed by atoms with van der Waals surface area (Å²) in [4.78, 5) is 23.9. The van der Waals surface area contributed by atoms with Crippen molar-refractivity contribution in [2.75, 3.05) is 20.2 Å². The number of carboxylic acids is 1. The van der Waals surface area contributed by atoms with E-state index in [9.17, 15) is 9.59 Å². The van der Waals surface area contributed by atoms with Gasteiger partial charge in [0.05, 0.1) is 6.61 Å². The molecule has 5 heteroatoms. The van der Waals surface area contributed by atoms with E-state index in [4.69, 9.17) is 10.2 Å². The van der Waals surface area contributed by atoms with Gasteiger partial charge in [0.15, 0.2) is 0 Å². The first kappa shape index (κ1) is 14.9. The van der Waals surface area contributed by atoms with Crippen LogP contribution in [0.1, 0.15) is 21.5 Å². The molecule has 1 rings (SSSR count). The van der Waals surface area contributed by atoms with Crippen LogP contribution in [0.25, 0.3) is 6.08 Å². The highest BCUT2D eigenvalue weighted by Gasteiger charge is 2.11. The molecule has 0 spiro atoms. The number of amides is 1. The molecular weight excluding hydrogens is 246 g/mol. The van der Waals surface area contributed by atoms with Gasteiger partial charge in [0, 0.05) is 25.2 Å². The van der Waals surface area contributed by atoms with Gasteiger partial charge in [-0.2, -0.15) is 0 Å². The number of nitrogens with zero attached hydrogens (tertiary/aromatic N) is 1. The zero-order valence-corrected chi connectivity index (χ0v) is 11.0. The number of aliphatic hydroxyl groups excluding tert-OH is 1. The summed E-state index contributed by atoms with van der Waals surface area (Å²) in [5.41, 5.74) is 2.00. The number of aryl methyl sites for hydroxylation is 1. The molecule has 0 aliphatic heterocycles. The Morgan fingerprint density at radius 1 is 1.32 bits per heavy atom. The van der Waals surface area contributed by atoms with Crippen LogP contribution >= 0.6 is 0 Å². The van der Waals surface area contributed by atoms with E-state index in [1.165, 1.54) is 11.0 Å². The monoisotopic (exact) mass is 263 g/mol. The van der Waals surface area contributed by atoms with E-state index in [2.05, 4.69) is 0 Å². The Bertz CT molecular complexity index is 508. The molecule has 0 heterocycles. The number of benzene rings is 1. The molecule has 102 valence electrons. The minimum absolute atomic E-state index is 0.0974. The molecule has 0 aromatic heterocycles. The van der Waals surface area contributed by atoms with E-state index in [-0.39, 0.29) is 19.1 Å². The molecule has 0 saturated carbocycles. The van der Waals surface area contributed by atoms with Crippen molar-refractivity contribution in [3.05, 3.63) is 41.0 Å². The van der Waals surface area contributed by atoms with Crippen molar-refractivity contribution >= 4 is 18.0 Å². The predicted molar refractivity (Wildman–Crippen MR) is 71.9 cm³/mol. The maximum absolute atomic E-state index is 12.1. The summed E-state index contributed by atoms with van der Waals surface area (Å²) in [5.74, 6) is -1.24. The maximum atomic E-state index is 12.1. The zero-order valence-electron chi connectivity index (χ0n) is 11.0. The van der Waals surface area contributed by atoms with Crippen molar-refractivity contribution in [1.29, 1.82) is 0 Å². The lowest BCUT2D eigenvalue weighted by Crippen LogP contribution is -2.29. The van der Waals surface area contributed by atoms with Crippen LogP contribution in [0.2, 0.25) is 0 Å². The Labute approximate surface area is 111 Å². The molecule has 0 unspecified atom stereocenters. The van der Waals surface area contributed by atoms with Gasteiger partial charge in [-0.15, -0.1) is 0 Å². The standard InChI is InChI=1S/C14H17NO4/c1-10-7-11(3-4-13(17)18)9-12(8-10)14(19)15(2)5-6-16/h3-4,7-9,16H,5-6H2,1-2H3,(H,17,18)/b4-3+. The molecule has 0 aliphatic rings. The molecule has 0 atom stereocenters. The summed E-state index contributed by atoms with van der Waals surface area (Å²) in [7, 11) is 1.60. The van der Waals surface area contributed by atoms with Crippen LogP contribution in [0, 0.1) is 6.92 Å². The maximum Gasteiger partial charge on any atom is 0.328 e. The van der Waals surface area contributed by atoms with Crippen molar-refractivity contribution in [2.24, 2.45) is 0 Å². The van der Waals surface area contributed by atoms with E-state index in [1.54, 1.807) is 25.2 Å². The quantitative estimate of drug-likeness (QED) is 0.781. The summed E-state index contributed by atoms with van der Waals surface area (Å²) < 4.78 is 0. The van der Waals surface area contributed by atoms with Crippen LogP contribution in [-0.4, -0.2) is 47.2 Å².